The monoisotopic (exact) mass is 362 g/mol. The maximum atomic E-state index is 14.2. The third-order valence-corrected chi connectivity index (χ3v) is 5.86. The number of piperidine rings is 1. The number of rotatable bonds is 4. The number of likely N-dealkylation sites (tertiary alicyclic amines) is 1. The van der Waals surface area contributed by atoms with Gasteiger partial charge in [0.05, 0.1) is 19.3 Å². The van der Waals surface area contributed by atoms with Crippen LogP contribution in [0, 0.1) is 11.7 Å². The number of nitrogens with zero attached hydrogens (tertiary/aromatic N) is 2. The van der Waals surface area contributed by atoms with Gasteiger partial charge in [-0.1, -0.05) is 0 Å². The van der Waals surface area contributed by atoms with Crippen LogP contribution in [0.4, 0.5) is 10.1 Å². The van der Waals surface area contributed by atoms with Crippen molar-refractivity contribution in [2.45, 2.75) is 37.8 Å². The SMILES string of the molecule is COC1CCN(C(=O)c2cc(F)cc(N3CCOCC3)c2)C(C2CC2)C1. The highest BCUT2D eigenvalue weighted by Gasteiger charge is 2.41. The zero-order valence-electron chi connectivity index (χ0n) is 15.3. The highest BCUT2D eigenvalue weighted by Crippen LogP contribution is 2.40. The Bertz CT molecular complexity index is 658. The molecule has 1 saturated carbocycles. The summed E-state index contributed by atoms with van der Waals surface area (Å²) in [6.07, 6.45) is 4.30. The molecule has 2 atom stereocenters. The number of hydrogen-bond donors (Lipinski definition) is 0. The summed E-state index contributed by atoms with van der Waals surface area (Å²) >= 11 is 0. The summed E-state index contributed by atoms with van der Waals surface area (Å²) in [5, 5.41) is 0. The van der Waals surface area contributed by atoms with Crippen LogP contribution in [-0.4, -0.2) is 62.9 Å². The normalized spacial score (nSPS) is 26.8. The van der Waals surface area contributed by atoms with Crippen molar-refractivity contribution in [2.75, 3.05) is 44.9 Å². The molecule has 0 N–H and O–H groups in total. The second-order valence-corrected chi connectivity index (χ2v) is 7.58. The van der Waals surface area contributed by atoms with Crippen molar-refractivity contribution < 1.29 is 18.7 Å². The lowest BCUT2D eigenvalue weighted by Gasteiger charge is -2.39. The Labute approximate surface area is 154 Å². The molecular weight excluding hydrogens is 335 g/mol. The van der Waals surface area contributed by atoms with Gasteiger partial charge in [0.2, 0.25) is 0 Å². The van der Waals surface area contributed by atoms with Crippen molar-refractivity contribution in [2.24, 2.45) is 5.92 Å². The van der Waals surface area contributed by atoms with Gasteiger partial charge in [-0.05, 0) is 49.8 Å². The van der Waals surface area contributed by atoms with Gasteiger partial charge >= 0.3 is 0 Å². The molecule has 5 nitrogen and oxygen atoms in total. The summed E-state index contributed by atoms with van der Waals surface area (Å²) in [7, 11) is 1.74. The molecule has 2 unspecified atom stereocenters. The van der Waals surface area contributed by atoms with Crippen molar-refractivity contribution in [3.8, 4) is 0 Å². The van der Waals surface area contributed by atoms with Gasteiger partial charge in [-0.25, -0.2) is 4.39 Å². The lowest BCUT2D eigenvalue weighted by Crippen LogP contribution is -2.49. The van der Waals surface area contributed by atoms with Crippen LogP contribution in [0.5, 0.6) is 0 Å². The maximum absolute atomic E-state index is 14.2. The van der Waals surface area contributed by atoms with Gasteiger partial charge < -0.3 is 19.3 Å². The molecule has 2 saturated heterocycles. The number of morpholine rings is 1. The van der Waals surface area contributed by atoms with Crippen LogP contribution >= 0.6 is 0 Å². The Hall–Kier alpha value is -1.66. The average Bonchev–Trinajstić information content (AvgIpc) is 3.52. The molecule has 3 fully saturated rings. The number of methoxy groups -OCH3 is 1. The molecule has 0 radical (unpaired) electrons. The molecule has 2 aliphatic heterocycles. The van der Waals surface area contributed by atoms with E-state index in [-0.39, 0.29) is 23.9 Å². The summed E-state index contributed by atoms with van der Waals surface area (Å²) < 4.78 is 25.2. The quantitative estimate of drug-likeness (QED) is 0.826. The van der Waals surface area contributed by atoms with Gasteiger partial charge in [0.1, 0.15) is 5.82 Å². The summed E-state index contributed by atoms with van der Waals surface area (Å²) in [4.78, 5) is 17.2. The summed E-state index contributed by atoms with van der Waals surface area (Å²) in [5.41, 5.74) is 1.22. The van der Waals surface area contributed by atoms with Crippen LogP contribution < -0.4 is 4.90 Å². The van der Waals surface area contributed by atoms with Gasteiger partial charge in [0, 0.05) is 44.0 Å². The first kappa shape index (κ1) is 17.7. The minimum atomic E-state index is -0.355. The molecule has 0 aromatic heterocycles. The number of benzene rings is 1. The molecule has 3 aliphatic rings. The van der Waals surface area contributed by atoms with E-state index in [4.69, 9.17) is 9.47 Å². The first-order valence-corrected chi connectivity index (χ1v) is 9.63. The molecule has 1 aromatic rings. The standard InChI is InChI=1S/C20H27FN2O3/c1-25-18-4-5-23(19(13-18)14-2-3-14)20(24)15-10-16(21)12-17(11-15)22-6-8-26-9-7-22/h10-12,14,18-19H,2-9,13H2,1H3. The molecule has 2 heterocycles. The largest absolute Gasteiger partial charge is 0.381 e. The molecule has 1 aliphatic carbocycles. The second kappa shape index (κ2) is 7.53. The highest BCUT2D eigenvalue weighted by molar-refractivity contribution is 5.95. The summed E-state index contributed by atoms with van der Waals surface area (Å²) in [6, 6.07) is 4.94. The zero-order chi connectivity index (χ0) is 18.1. The summed E-state index contributed by atoms with van der Waals surface area (Å²) in [6.45, 7) is 3.39. The molecule has 1 amide bonds. The van der Waals surface area contributed by atoms with E-state index in [0.29, 0.717) is 31.2 Å². The van der Waals surface area contributed by atoms with Crippen molar-refractivity contribution in [3.63, 3.8) is 0 Å². The van der Waals surface area contributed by atoms with Crippen LogP contribution in [0.2, 0.25) is 0 Å². The Balaban J connectivity index is 1.56. The van der Waals surface area contributed by atoms with Gasteiger partial charge in [0.25, 0.3) is 5.91 Å². The van der Waals surface area contributed by atoms with E-state index in [1.54, 1.807) is 7.11 Å². The minimum Gasteiger partial charge on any atom is -0.381 e. The fourth-order valence-corrected chi connectivity index (χ4v) is 4.23. The number of ether oxygens (including phenoxy) is 2. The Morgan fingerprint density at radius 1 is 1.15 bits per heavy atom. The third kappa shape index (κ3) is 3.71. The van der Waals surface area contributed by atoms with Crippen molar-refractivity contribution in [1.82, 2.24) is 4.90 Å². The van der Waals surface area contributed by atoms with Gasteiger partial charge in [0.15, 0.2) is 0 Å². The number of halogens is 1. The number of anilines is 1. The van der Waals surface area contributed by atoms with Crippen LogP contribution in [0.15, 0.2) is 18.2 Å². The van der Waals surface area contributed by atoms with Crippen LogP contribution in [0.3, 0.4) is 0 Å². The fourth-order valence-electron chi connectivity index (χ4n) is 4.23. The molecule has 4 rings (SSSR count). The van der Waals surface area contributed by atoms with Crippen molar-refractivity contribution in [3.05, 3.63) is 29.6 Å². The predicted octanol–water partition coefficient (Wildman–Crippen LogP) is 2.69. The number of hydrogen-bond acceptors (Lipinski definition) is 4. The molecule has 142 valence electrons. The molecule has 6 heteroatoms. The number of amides is 1. The summed E-state index contributed by atoms with van der Waals surface area (Å²) in [5.74, 6) is 0.168. The van der Waals surface area contributed by atoms with Gasteiger partial charge in [-0.3, -0.25) is 4.79 Å². The van der Waals surface area contributed by atoms with E-state index in [9.17, 15) is 9.18 Å². The van der Waals surface area contributed by atoms with Crippen LogP contribution in [0.1, 0.15) is 36.0 Å². The zero-order valence-corrected chi connectivity index (χ0v) is 15.3. The maximum Gasteiger partial charge on any atom is 0.254 e. The topological polar surface area (TPSA) is 42.0 Å². The average molecular weight is 362 g/mol. The Morgan fingerprint density at radius 2 is 1.92 bits per heavy atom. The van der Waals surface area contributed by atoms with E-state index in [1.165, 1.54) is 25.0 Å². The second-order valence-electron chi connectivity index (χ2n) is 7.58. The molecule has 1 aromatic carbocycles. The highest BCUT2D eigenvalue weighted by atomic mass is 19.1. The first-order chi connectivity index (χ1) is 12.7. The van der Waals surface area contributed by atoms with E-state index in [1.807, 2.05) is 11.0 Å². The fraction of sp³-hybridized carbons (Fsp3) is 0.650. The van der Waals surface area contributed by atoms with Crippen molar-refractivity contribution >= 4 is 11.6 Å². The Morgan fingerprint density at radius 3 is 2.62 bits per heavy atom. The first-order valence-electron chi connectivity index (χ1n) is 9.63. The van der Waals surface area contributed by atoms with Crippen LogP contribution in [0.25, 0.3) is 0 Å². The molecule has 0 bridgehead atoms. The number of carbonyl (C=O) groups excluding carboxylic acids is 1. The third-order valence-electron chi connectivity index (χ3n) is 5.86. The lowest BCUT2D eigenvalue weighted by molar-refractivity contribution is 0.00693. The van der Waals surface area contributed by atoms with E-state index >= 15 is 0 Å². The number of carbonyl (C=O) groups is 1. The molecule has 26 heavy (non-hydrogen) atoms. The molecular formula is C20H27FN2O3. The molecule has 0 spiro atoms. The van der Waals surface area contributed by atoms with E-state index in [0.717, 1.165) is 31.6 Å². The van der Waals surface area contributed by atoms with E-state index in [2.05, 4.69) is 4.90 Å². The smallest absolute Gasteiger partial charge is 0.254 e. The minimum absolute atomic E-state index is 0.0505. The van der Waals surface area contributed by atoms with Crippen molar-refractivity contribution in [1.29, 1.82) is 0 Å². The van der Waals surface area contributed by atoms with E-state index < -0.39 is 0 Å². The van der Waals surface area contributed by atoms with Gasteiger partial charge in [-0.15, -0.1) is 0 Å². The van der Waals surface area contributed by atoms with Crippen LogP contribution in [-0.2, 0) is 9.47 Å². The predicted molar refractivity (Wildman–Crippen MR) is 97.0 cm³/mol. The lowest BCUT2D eigenvalue weighted by atomic mass is 9.94. The van der Waals surface area contributed by atoms with Gasteiger partial charge in [-0.2, -0.15) is 0 Å². The Kier molecular flexibility index (Phi) is 5.14.